The number of nitrogens with one attached hydrogen (secondary N) is 3. The third-order valence-electron chi connectivity index (χ3n) is 7.27. The van der Waals surface area contributed by atoms with Crippen LogP contribution in [0.2, 0.25) is 0 Å². The zero-order valence-corrected chi connectivity index (χ0v) is 22.6. The lowest BCUT2D eigenvalue weighted by Crippen LogP contribution is -2.41. The second-order valence-corrected chi connectivity index (χ2v) is 10.2. The predicted octanol–water partition coefficient (Wildman–Crippen LogP) is 6.42. The molecule has 1 aromatic carbocycles. The second kappa shape index (κ2) is 13.7. The van der Waals surface area contributed by atoms with Crippen molar-refractivity contribution in [2.45, 2.75) is 71.3 Å². The average molecular weight is 501 g/mol. The van der Waals surface area contributed by atoms with E-state index in [1.54, 1.807) is 6.92 Å². The maximum absolute atomic E-state index is 8.05. The van der Waals surface area contributed by atoms with E-state index in [4.69, 9.17) is 21.9 Å². The van der Waals surface area contributed by atoms with Crippen LogP contribution in [-0.2, 0) is 0 Å². The molecular formula is C31H44N6. The van der Waals surface area contributed by atoms with Crippen LogP contribution in [0.1, 0.15) is 70.8 Å². The molecule has 2 saturated carbocycles. The Morgan fingerprint density at radius 1 is 1.11 bits per heavy atom. The van der Waals surface area contributed by atoms with Gasteiger partial charge in [-0.15, -0.1) is 0 Å². The van der Waals surface area contributed by atoms with Gasteiger partial charge in [-0.2, -0.15) is 0 Å². The van der Waals surface area contributed by atoms with Crippen molar-refractivity contribution in [3.63, 3.8) is 0 Å². The van der Waals surface area contributed by atoms with Gasteiger partial charge in [-0.1, -0.05) is 56.2 Å². The largest absolute Gasteiger partial charge is 0.405 e. The van der Waals surface area contributed by atoms with Crippen LogP contribution >= 0.6 is 0 Å². The Hall–Kier alpha value is -3.54. The number of nitrogens with zero attached hydrogens (tertiary/aromatic N) is 1. The van der Waals surface area contributed by atoms with Crippen molar-refractivity contribution in [3.8, 4) is 0 Å². The van der Waals surface area contributed by atoms with Crippen LogP contribution in [0.3, 0.4) is 0 Å². The van der Waals surface area contributed by atoms with Gasteiger partial charge in [-0.25, -0.2) is 0 Å². The number of nitrogens with two attached hydrogens (primary N) is 2. The summed E-state index contributed by atoms with van der Waals surface area (Å²) >= 11 is 0. The molecule has 0 heterocycles. The predicted molar refractivity (Wildman–Crippen MR) is 160 cm³/mol. The molecule has 1 unspecified atom stereocenters. The van der Waals surface area contributed by atoms with E-state index in [0.29, 0.717) is 23.9 Å². The molecule has 0 amide bonds. The summed E-state index contributed by atoms with van der Waals surface area (Å²) in [7, 11) is 0. The van der Waals surface area contributed by atoms with Gasteiger partial charge in [-0.3, -0.25) is 4.99 Å². The normalized spacial score (nSPS) is 18.0. The molecule has 3 rings (SSSR count). The highest BCUT2D eigenvalue weighted by Crippen LogP contribution is 2.31. The Morgan fingerprint density at radius 3 is 2.32 bits per heavy atom. The van der Waals surface area contributed by atoms with Crippen molar-refractivity contribution in [2.75, 3.05) is 11.9 Å². The minimum Gasteiger partial charge on any atom is -0.405 e. The third-order valence-corrected chi connectivity index (χ3v) is 7.27. The summed E-state index contributed by atoms with van der Waals surface area (Å²) in [5.41, 5.74) is 19.5. The lowest BCUT2D eigenvalue weighted by atomic mass is 9.82. The molecule has 2 aliphatic carbocycles. The molecular weight excluding hydrogens is 456 g/mol. The van der Waals surface area contributed by atoms with Gasteiger partial charge in [0.1, 0.15) is 0 Å². The van der Waals surface area contributed by atoms with Gasteiger partial charge in [0.15, 0.2) is 0 Å². The zero-order valence-electron chi connectivity index (χ0n) is 22.6. The summed E-state index contributed by atoms with van der Waals surface area (Å²) < 4.78 is 0. The number of benzene rings is 1. The van der Waals surface area contributed by atoms with E-state index in [9.17, 15) is 0 Å². The molecule has 198 valence electrons. The molecule has 37 heavy (non-hydrogen) atoms. The van der Waals surface area contributed by atoms with Crippen LogP contribution in [0, 0.1) is 11.3 Å². The lowest BCUT2D eigenvalue weighted by Gasteiger charge is -2.34. The van der Waals surface area contributed by atoms with Gasteiger partial charge in [0.25, 0.3) is 0 Å². The lowest BCUT2D eigenvalue weighted by molar-refractivity contribution is 0.306. The Morgan fingerprint density at radius 2 is 1.78 bits per heavy atom. The molecule has 1 atom stereocenters. The Kier molecular flexibility index (Phi) is 10.4. The van der Waals surface area contributed by atoms with Crippen molar-refractivity contribution < 1.29 is 0 Å². The Bertz CT molecular complexity index is 1090. The monoisotopic (exact) mass is 500 g/mol. The van der Waals surface area contributed by atoms with Gasteiger partial charge in [-0.05, 0) is 81.8 Å². The van der Waals surface area contributed by atoms with Crippen molar-refractivity contribution in [1.29, 1.82) is 5.41 Å². The molecule has 0 bridgehead atoms. The minimum absolute atomic E-state index is 0.0133. The van der Waals surface area contributed by atoms with Crippen LogP contribution in [0.25, 0.3) is 5.57 Å². The van der Waals surface area contributed by atoms with Crippen LogP contribution in [-0.4, -0.2) is 24.0 Å². The second-order valence-electron chi connectivity index (χ2n) is 10.2. The van der Waals surface area contributed by atoms with E-state index in [1.807, 2.05) is 37.3 Å². The quantitative estimate of drug-likeness (QED) is 0.168. The summed E-state index contributed by atoms with van der Waals surface area (Å²) in [6.07, 6.45) is 15.3. The molecule has 1 aromatic rings. The van der Waals surface area contributed by atoms with Crippen LogP contribution in [0.15, 0.2) is 83.4 Å². The molecule has 0 spiro atoms. The minimum atomic E-state index is 0.0133. The van der Waals surface area contributed by atoms with Crippen molar-refractivity contribution in [2.24, 2.45) is 22.4 Å². The SMILES string of the molecule is C=C(NC(C(=C)Nc1ccc(/C(C(C)=N)=C(\C)N)cc1)C1CCCCC1)C(/C=C\N)=NCC=C1CCC1. The number of allylic oxidation sites excluding steroid dienone is 4. The summed E-state index contributed by atoms with van der Waals surface area (Å²) in [6.45, 7) is 13.0. The third kappa shape index (κ3) is 7.97. The summed E-state index contributed by atoms with van der Waals surface area (Å²) in [5, 5.41) is 15.2. The van der Waals surface area contributed by atoms with Crippen molar-refractivity contribution >= 4 is 22.7 Å². The smallest absolute Gasteiger partial charge is 0.0817 e. The van der Waals surface area contributed by atoms with Crippen molar-refractivity contribution in [1.82, 2.24) is 5.32 Å². The van der Waals surface area contributed by atoms with Gasteiger partial charge in [0.05, 0.1) is 24.0 Å². The van der Waals surface area contributed by atoms with Gasteiger partial charge >= 0.3 is 0 Å². The molecule has 0 radical (unpaired) electrons. The first-order valence-corrected chi connectivity index (χ1v) is 13.4. The highest BCUT2D eigenvalue weighted by Gasteiger charge is 2.27. The molecule has 6 nitrogen and oxygen atoms in total. The van der Waals surface area contributed by atoms with E-state index < -0.39 is 0 Å². The Labute approximate surface area is 222 Å². The zero-order chi connectivity index (χ0) is 26.8. The molecule has 7 N–H and O–H groups in total. The van der Waals surface area contributed by atoms with E-state index in [2.05, 4.69) is 29.9 Å². The van der Waals surface area contributed by atoms with E-state index in [0.717, 1.165) is 46.8 Å². The Balaban J connectivity index is 1.75. The maximum Gasteiger partial charge on any atom is 0.0817 e. The fourth-order valence-corrected chi connectivity index (χ4v) is 5.14. The first kappa shape index (κ1) is 28.0. The molecule has 0 aliphatic heterocycles. The molecule has 2 fully saturated rings. The first-order valence-electron chi connectivity index (χ1n) is 13.4. The number of rotatable bonds is 12. The molecule has 0 saturated heterocycles. The number of hydrogen-bond acceptors (Lipinski definition) is 6. The molecule has 6 heteroatoms. The standard InChI is InChI=1S/C31H44N6/c1-21(33)30(22(2)34)26-13-15-28(16-14-26)36-24(4)31(27-11-6-5-7-12-27)37-23(3)29(17-19-32)35-20-18-25-9-8-10-25/h13-19,27,31,33,36-37H,3-12,20,32,34H2,1-2H3/b19-17-,30-22+,33-21?,35-29?. The van der Waals surface area contributed by atoms with E-state index in [1.165, 1.54) is 50.3 Å². The van der Waals surface area contributed by atoms with Gasteiger partial charge in [0, 0.05) is 28.4 Å². The topological polar surface area (TPSA) is 112 Å². The molecule has 0 aromatic heterocycles. The summed E-state index contributed by atoms with van der Waals surface area (Å²) in [4.78, 5) is 4.76. The van der Waals surface area contributed by atoms with Crippen LogP contribution in [0.4, 0.5) is 5.69 Å². The molecule has 2 aliphatic rings. The fourth-order valence-electron chi connectivity index (χ4n) is 5.14. The number of aliphatic imine (C=N–C) groups is 1. The van der Waals surface area contributed by atoms with Gasteiger partial charge < -0.3 is 27.5 Å². The fraction of sp³-hybridized carbons (Fsp3) is 0.419. The highest BCUT2D eigenvalue weighted by atomic mass is 15.0. The van der Waals surface area contributed by atoms with Crippen molar-refractivity contribution in [3.05, 3.63) is 84.0 Å². The summed E-state index contributed by atoms with van der Waals surface area (Å²) in [5.74, 6) is 0.458. The van der Waals surface area contributed by atoms with Crippen LogP contribution in [0.5, 0.6) is 0 Å². The number of hydrogen-bond donors (Lipinski definition) is 5. The van der Waals surface area contributed by atoms with E-state index in [-0.39, 0.29) is 6.04 Å². The maximum atomic E-state index is 8.05. The number of anilines is 1. The average Bonchev–Trinajstić information content (AvgIpc) is 2.84. The first-order chi connectivity index (χ1) is 17.8. The van der Waals surface area contributed by atoms with Gasteiger partial charge in [0.2, 0.25) is 0 Å². The van der Waals surface area contributed by atoms with Crippen LogP contribution < -0.4 is 22.1 Å². The highest BCUT2D eigenvalue weighted by molar-refractivity contribution is 6.21. The summed E-state index contributed by atoms with van der Waals surface area (Å²) in [6, 6.07) is 8.03. The van der Waals surface area contributed by atoms with E-state index >= 15 is 0 Å².